The van der Waals surface area contributed by atoms with Gasteiger partial charge in [-0.15, -0.1) is 0 Å². The third kappa shape index (κ3) is 2.28. The molecule has 0 saturated heterocycles. The van der Waals surface area contributed by atoms with Gasteiger partial charge in [-0.3, -0.25) is 9.78 Å². The molecule has 3 heteroatoms. The molecule has 0 amide bonds. The summed E-state index contributed by atoms with van der Waals surface area (Å²) < 4.78 is 13.6. The molecule has 1 aromatic carbocycles. The Hall–Kier alpha value is -2.03. The van der Waals surface area contributed by atoms with E-state index < -0.39 is 0 Å². The summed E-state index contributed by atoms with van der Waals surface area (Å²) in [6, 6.07) is 10.4. The van der Waals surface area contributed by atoms with Crippen LogP contribution in [0.1, 0.15) is 29.2 Å². The molecule has 2 nitrogen and oxygen atoms in total. The fourth-order valence-corrected chi connectivity index (χ4v) is 2.68. The fourth-order valence-electron chi connectivity index (χ4n) is 2.68. The van der Waals surface area contributed by atoms with Gasteiger partial charge in [-0.05, 0) is 36.1 Å². The fraction of sp³-hybridized carbons (Fsp3) is 0.250. The third-order valence-electron chi connectivity index (χ3n) is 3.67. The van der Waals surface area contributed by atoms with Crippen LogP contribution in [0.2, 0.25) is 0 Å². The summed E-state index contributed by atoms with van der Waals surface area (Å²) in [5, 5.41) is 0. The Morgan fingerprint density at radius 2 is 2.11 bits per heavy atom. The Bertz CT molecular complexity index is 624. The highest BCUT2D eigenvalue weighted by atomic mass is 19.1. The molecule has 0 spiro atoms. The van der Waals surface area contributed by atoms with Crippen LogP contribution in [0.25, 0.3) is 0 Å². The average Bonchev–Trinajstić information content (AvgIpc) is 2.85. The Balaban J connectivity index is 1.81. The monoisotopic (exact) mass is 255 g/mol. The number of rotatable bonds is 3. The van der Waals surface area contributed by atoms with E-state index >= 15 is 0 Å². The first-order chi connectivity index (χ1) is 9.25. The molecule has 0 radical (unpaired) electrons. The number of fused-ring (bicyclic) bond motifs is 1. The summed E-state index contributed by atoms with van der Waals surface area (Å²) in [7, 11) is 0. The molecule has 1 atom stereocenters. The van der Waals surface area contributed by atoms with Gasteiger partial charge in [0, 0.05) is 12.6 Å². The van der Waals surface area contributed by atoms with E-state index in [-0.39, 0.29) is 23.9 Å². The molecule has 0 bridgehead atoms. The number of benzene rings is 1. The predicted octanol–water partition coefficient (Wildman–Crippen LogP) is 3.06. The van der Waals surface area contributed by atoms with Crippen LogP contribution in [-0.2, 0) is 17.6 Å². The molecule has 0 N–H and O–H groups in total. The van der Waals surface area contributed by atoms with Crippen LogP contribution in [0.5, 0.6) is 0 Å². The molecule has 1 aromatic heterocycles. The number of aryl methyl sites for hydroxylation is 1. The first-order valence-corrected chi connectivity index (χ1v) is 6.45. The highest BCUT2D eigenvalue weighted by Crippen LogP contribution is 2.32. The van der Waals surface area contributed by atoms with Gasteiger partial charge in [0.15, 0.2) is 0 Å². The van der Waals surface area contributed by atoms with Gasteiger partial charge in [0.25, 0.3) is 0 Å². The van der Waals surface area contributed by atoms with E-state index in [0.29, 0.717) is 5.56 Å². The topological polar surface area (TPSA) is 30.0 Å². The van der Waals surface area contributed by atoms with Crippen molar-refractivity contribution in [3.63, 3.8) is 0 Å². The van der Waals surface area contributed by atoms with Crippen molar-refractivity contribution in [1.82, 2.24) is 4.98 Å². The Morgan fingerprint density at radius 1 is 1.26 bits per heavy atom. The number of Topliss-reactive ketones (excluding diaryl/α,β-unsaturated/α-hetero) is 1. The minimum absolute atomic E-state index is 0.0579. The Morgan fingerprint density at radius 3 is 2.95 bits per heavy atom. The number of carbonyl (C=O) groups excluding carboxylic acids is 1. The lowest BCUT2D eigenvalue weighted by molar-refractivity contribution is -0.119. The van der Waals surface area contributed by atoms with Crippen LogP contribution in [0.3, 0.4) is 0 Å². The molecule has 96 valence electrons. The van der Waals surface area contributed by atoms with Crippen LogP contribution in [0.15, 0.2) is 42.6 Å². The number of nitrogens with zero attached hydrogens (tertiary/aromatic N) is 1. The van der Waals surface area contributed by atoms with Gasteiger partial charge in [0.1, 0.15) is 11.6 Å². The minimum atomic E-state index is -0.310. The van der Waals surface area contributed by atoms with Gasteiger partial charge < -0.3 is 0 Å². The van der Waals surface area contributed by atoms with E-state index in [9.17, 15) is 9.18 Å². The van der Waals surface area contributed by atoms with E-state index in [4.69, 9.17) is 0 Å². The first-order valence-electron chi connectivity index (χ1n) is 6.45. The van der Waals surface area contributed by atoms with E-state index in [0.717, 1.165) is 24.1 Å². The van der Waals surface area contributed by atoms with Crippen LogP contribution < -0.4 is 0 Å². The van der Waals surface area contributed by atoms with Gasteiger partial charge in [0.2, 0.25) is 0 Å². The number of ketones is 1. The lowest BCUT2D eigenvalue weighted by atomic mass is 9.95. The first kappa shape index (κ1) is 12.0. The second-order valence-corrected chi connectivity index (χ2v) is 4.87. The molecule has 0 aliphatic heterocycles. The number of pyridine rings is 1. The van der Waals surface area contributed by atoms with Crippen molar-refractivity contribution in [2.45, 2.75) is 25.2 Å². The summed E-state index contributed by atoms with van der Waals surface area (Å²) in [6.07, 6.45) is 3.54. The molecule has 1 aliphatic rings. The highest BCUT2D eigenvalue weighted by molar-refractivity contribution is 5.88. The van der Waals surface area contributed by atoms with Gasteiger partial charge in [-0.2, -0.15) is 0 Å². The minimum Gasteiger partial charge on any atom is -0.299 e. The third-order valence-corrected chi connectivity index (χ3v) is 3.67. The predicted molar refractivity (Wildman–Crippen MR) is 70.4 cm³/mol. The largest absolute Gasteiger partial charge is 0.299 e. The van der Waals surface area contributed by atoms with Crippen LogP contribution in [-0.4, -0.2) is 10.8 Å². The van der Waals surface area contributed by atoms with Crippen molar-refractivity contribution in [3.8, 4) is 0 Å². The maximum Gasteiger partial charge on any atom is 0.146 e. The van der Waals surface area contributed by atoms with Crippen molar-refractivity contribution < 1.29 is 9.18 Å². The molecule has 1 unspecified atom stereocenters. The average molecular weight is 255 g/mol. The molecule has 19 heavy (non-hydrogen) atoms. The van der Waals surface area contributed by atoms with Crippen molar-refractivity contribution in [1.29, 1.82) is 0 Å². The van der Waals surface area contributed by atoms with Crippen molar-refractivity contribution in [2.75, 3.05) is 0 Å². The molecular weight excluding hydrogens is 241 g/mol. The summed E-state index contributed by atoms with van der Waals surface area (Å²) >= 11 is 0. The van der Waals surface area contributed by atoms with Gasteiger partial charge in [-0.25, -0.2) is 4.39 Å². The standard InChI is InChI=1S/C16H14FNO/c17-14-6-2-1-4-12(14)10-15(19)13-8-7-11-5-3-9-18-16(11)13/h1-6,9,13H,7-8,10H2. The van der Waals surface area contributed by atoms with Gasteiger partial charge in [-0.1, -0.05) is 24.3 Å². The van der Waals surface area contributed by atoms with Crippen molar-refractivity contribution in [3.05, 3.63) is 65.2 Å². The number of hydrogen-bond acceptors (Lipinski definition) is 2. The number of hydrogen-bond donors (Lipinski definition) is 0. The maximum absolute atomic E-state index is 13.6. The second-order valence-electron chi connectivity index (χ2n) is 4.87. The van der Waals surface area contributed by atoms with Crippen molar-refractivity contribution >= 4 is 5.78 Å². The number of carbonyl (C=O) groups is 1. The molecular formula is C16H14FNO. The van der Waals surface area contributed by atoms with E-state index in [2.05, 4.69) is 4.98 Å². The van der Waals surface area contributed by atoms with Gasteiger partial charge >= 0.3 is 0 Å². The molecule has 1 heterocycles. The van der Waals surface area contributed by atoms with Crippen LogP contribution >= 0.6 is 0 Å². The van der Waals surface area contributed by atoms with E-state index in [1.807, 2.05) is 12.1 Å². The summed E-state index contributed by atoms with van der Waals surface area (Å²) in [5.41, 5.74) is 2.50. The zero-order valence-electron chi connectivity index (χ0n) is 10.5. The highest BCUT2D eigenvalue weighted by Gasteiger charge is 2.29. The molecule has 0 saturated carbocycles. The zero-order chi connectivity index (χ0) is 13.2. The maximum atomic E-state index is 13.6. The summed E-state index contributed by atoms with van der Waals surface area (Å²) in [5.74, 6) is -0.423. The summed E-state index contributed by atoms with van der Waals surface area (Å²) in [4.78, 5) is 16.6. The summed E-state index contributed by atoms with van der Waals surface area (Å²) in [6.45, 7) is 0. The normalized spacial score (nSPS) is 17.2. The molecule has 1 aliphatic carbocycles. The molecule has 3 rings (SSSR count). The SMILES string of the molecule is O=C(Cc1ccccc1F)C1CCc2cccnc21. The Kier molecular flexibility index (Phi) is 3.11. The van der Waals surface area contributed by atoms with Gasteiger partial charge in [0.05, 0.1) is 11.6 Å². The van der Waals surface area contributed by atoms with Crippen LogP contribution in [0.4, 0.5) is 4.39 Å². The number of halogens is 1. The van der Waals surface area contributed by atoms with E-state index in [1.165, 1.54) is 6.07 Å². The van der Waals surface area contributed by atoms with Crippen molar-refractivity contribution in [2.24, 2.45) is 0 Å². The van der Waals surface area contributed by atoms with Crippen LogP contribution in [0, 0.1) is 5.82 Å². The molecule has 0 fully saturated rings. The number of aromatic nitrogens is 1. The second kappa shape index (κ2) is 4.92. The smallest absolute Gasteiger partial charge is 0.146 e. The zero-order valence-corrected chi connectivity index (χ0v) is 10.5. The lowest BCUT2D eigenvalue weighted by Crippen LogP contribution is -2.14. The van der Waals surface area contributed by atoms with E-state index in [1.54, 1.807) is 24.4 Å². The Labute approximate surface area is 111 Å². The lowest BCUT2D eigenvalue weighted by Gasteiger charge is -2.09. The quantitative estimate of drug-likeness (QED) is 0.843. The molecule has 2 aromatic rings.